The van der Waals surface area contributed by atoms with Crippen LogP contribution in [0.1, 0.15) is 10.4 Å². The van der Waals surface area contributed by atoms with Gasteiger partial charge in [0, 0.05) is 9.35 Å². The lowest BCUT2D eigenvalue weighted by Crippen LogP contribution is -1.98. The normalized spacial score (nSPS) is 10.0. The molecule has 0 bridgehead atoms. The van der Waals surface area contributed by atoms with Crippen LogP contribution in [0.4, 0.5) is 10.8 Å². The van der Waals surface area contributed by atoms with E-state index in [1.165, 1.54) is 16.4 Å². The number of thiophene rings is 1. The monoisotopic (exact) mass is 314 g/mol. The molecule has 0 aliphatic heterocycles. The maximum Gasteiger partial charge on any atom is 0.157 e. The highest BCUT2D eigenvalue weighted by Crippen LogP contribution is 2.28. The second-order valence-corrected chi connectivity index (χ2v) is 5.56. The summed E-state index contributed by atoms with van der Waals surface area (Å²) in [5.41, 5.74) is 5.99. The van der Waals surface area contributed by atoms with E-state index < -0.39 is 0 Å². The van der Waals surface area contributed by atoms with E-state index in [0.717, 1.165) is 9.47 Å². The number of rotatable bonds is 3. The van der Waals surface area contributed by atoms with Crippen molar-refractivity contribution in [3.05, 3.63) is 26.4 Å². The van der Waals surface area contributed by atoms with E-state index in [-0.39, 0.29) is 0 Å². The van der Waals surface area contributed by atoms with Gasteiger partial charge in [0.2, 0.25) is 0 Å². The van der Waals surface area contributed by atoms with Crippen molar-refractivity contribution in [3.8, 4) is 6.07 Å². The predicted molar refractivity (Wildman–Crippen MR) is 70.6 cm³/mol. The third-order valence-corrected chi connectivity index (χ3v) is 4.68. The molecule has 0 radical (unpaired) electrons. The second kappa shape index (κ2) is 4.82. The van der Waals surface area contributed by atoms with Crippen molar-refractivity contribution >= 4 is 49.6 Å². The van der Waals surface area contributed by atoms with Crippen molar-refractivity contribution in [2.75, 3.05) is 11.1 Å². The molecule has 0 unspecified atom stereocenters. The topological polar surface area (TPSA) is 74.7 Å². The summed E-state index contributed by atoms with van der Waals surface area (Å²) in [6.07, 6.45) is 0. The van der Waals surface area contributed by atoms with E-state index >= 15 is 0 Å². The first-order chi connectivity index (χ1) is 7.72. The second-order valence-electron chi connectivity index (χ2n) is 2.93. The Morgan fingerprint density at radius 2 is 2.44 bits per heavy atom. The highest BCUT2D eigenvalue weighted by molar-refractivity contribution is 9.10. The number of aromatic nitrogens is 1. The summed E-state index contributed by atoms with van der Waals surface area (Å²) in [5.74, 6) is 0.292. The summed E-state index contributed by atoms with van der Waals surface area (Å²) < 4.78 is 5.01. The third-order valence-electron chi connectivity index (χ3n) is 1.93. The Bertz CT molecular complexity index is 540. The fraction of sp³-hybridized carbons (Fsp3) is 0.111. The molecule has 0 fully saturated rings. The van der Waals surface area contributed by atoms with Crippen molar-refractivity contribution in [2.24, 2.45) is 0 Å². The SMILES string of the molecule is N#Cc1c(N)nsc1NCc1sccc1Br. The van der Waals surface area contributed by atoms with Gasteiger partial charge >= 0.3 is 0 Å². The van der Waals surface area contributed by atoms with Gasteiger partial charge in [0.05, 0.1) is 6.54 Å². The summed E-state index contributed by atoms with van der Waals surface area (Å²) in [6, 6.07) is 4.03. The lowest BCUT2D eigenvalue weighted by Gasteiger charge is -2.01. The van der Waals surface area contributed by atoms with Crippen LogP contribution in [0.25, 0.3) is 0 Å². The molecular formula is C9H7BrN4S2. The Balaban J connectivity index is 2.11. The van der Waals surface area contributed by atoms with Gasteiger partial charge in [-0.15, -0.1) is 11.3 Å². The summed E-state index contributed by atoms with van der Waals surface area (Å²) >= 11 is 6.31. The number of nitriles is 1. The van der Waals surface area contributed by atoms with E-state index in [9.17, 15) is 0 Å². The third kappa shape index (κ3) is 2.19. The van der Waals surface area contributed by atoms with Gasteiger partial charge in [-0.1, -0.05) is 0 Å². The van der Waals surface area contributed by atoms with Crippen LogP contribution < -0.4 is 11.1 Å². The number of nitrogens with zero attached hydrogens (tertiary/aromatic N) is 2. The summed E-state index contributed by atoms with van der Waals surface area (Å²) in [4.78, 5) is 1.18. The number of hydrogen-bond donors (Lipinski definition) is 2. The van der Waals surface area contributed by atoms with Crippen molar-refractivity contribution in [1.29, 1.82) is 5.26 Å². The molecule has 82 valence electrons. The van der Waals surface area contributed by atoms with E-state index in [0.29, 0.717) is 17.9 Å². The number of hydrogen-bond acceptors (Lipinski definition) is 6. The van der Waals surface area contributed by atoms with Gasteiger partial charge in [0.25, 0.3) is 0 Å². The summed E-state index contributed by atoms with van der Waals surface area (Å²) in [5, 5.41) is 14.8. The number of anilines is 2. The molecule has 3 N–H and O–H groups in total. The van der Waals surface area contributed by atoms with Gasteiger partial charge in [0.1, 0.15) is 16.6 Å². The van der Waals surface area contributed by atoms with Crippen molar-refractivity contribution in [3.63, 3.8) is 0 Å². The van der Waals surface area contributed by atoms with Crippen molar-refractivity contribution in [2.45, 2.75) is 6.54 Å². The first-order valence-corrected chi connectivity index (χ1v) is 6.78. The molecule has 2 aromatic heterocycles. The van der Waals surface area contributed by atoms with Gasteiger partial charge in [-0.05, 0) is 38.9 Å². The zero-order valence-corrected chi connectivity index (χ0v) is 11.2. The van der Waals surface area contributed by atoms with Crippen molar-refractivity contribution in [1.82, 2.24) is 4.37 Å². The van der Waals surface area contributed by atoms with Gasteiger partial charge < -0.3 is 11.1 Å². The van der Waals surface area contributed by atoms with Gasteiger partial charge in [-0.3, -0.25) is 0 Å². The minimum atomic E-state index is 0.292. The molecule has 0 aliphatic rings. The smallest absolute Gasteiger partial charge is 0.157 e. The quantitative estimate of drug-likeness (QED) is 0.913. The van der Waals surface area contributed by atoms with Crippen LogP contribution in [0.3, 0.4) is 0 Å². The van der Waals surface area contributed by atoms with Gasteiger partial charge in [-0.25, -0.2) is 0 Å². The molecule has 2 rings (SSSR count). The largest absolute Gasteiger partial charge is 0.382 e. The van der Waals surface area contributed by atoms with Crippen LogP contribution in [0.2, 0.25) is 0 Å². The number of nitrogens with one attached hydrogen (secondary N) is 1. The average Bonchev–Trinajstić information content (AvgIpc) is 2.82. The molecule has 4 nitrogen and oxygen atoms in total. The average molecular weight is 315 g/mol. The fourth-order valence-corrected chi connectivity index (χ4v) is 3.23. The van der Waals surface area contributed by atoms with Crippen LogP contribution in [0.5, 0.6) is 0 Å². The van der Waals surface area contributed by atoms with E-state index in [1.54, 1.807) is 11.3 Å². The highest BCUT2D eigenvalue weighted by atomic mass is 79.9. The van der Waals surface area contributed by atoms with Crippen LogP contribution in [-0.4, -0.2) is 4.37 Å². The lowest BCUT2D eigenvalue weighted by molar-refractivity contribution is 1.19. The summed E-state index contributed by atoms with van der Waals surface area (Å²) in [6.45, 7) is 0.661. The minimum Gasteiger partial charge on any atom is -0.382 e. The van der Waals surface area contributed by atoms with E-state index in [1.807, 2.05) is 17.5 Å². The zero-order chi connectivity index (χ0) is 11.5. The molecular weight excluding hydrogens is 308 g/mol. The van der Waals surface area contributed by atoms with Crippen molar-refractivity contribution < 1.29 is 0 Å². The molecule has 0 saturated carbocycles. The Hall–Kier alpha value is -1.10. The van der Waals surface area contributed by atoms with Crippen LogP contribution in [-0.2, 0) is 6.54 Å². The fourth-order valence-electron chi connectivity index (χ4n) is 1.14. The van der Waals surface area contributed by atoms with Crippen LogP contribution in [0.15, 0.2) is 15.9 Å². The van der Waals surface area contributed by atoms with E-state index in [4.69, 9.17) is 11.0 Å². The molecule has 0 atom stereocenters. The molecule has 0 spiro atoms. The highest BCUT2D eigenvalue weighted by Gasteiger charge is 2.11. The molecule has 2 heterocycles. The minimum absolute atomic E-state index is 0.292. The molecule has 0 aliphatic carbocycles. The standard InChI is InChI=1S/C9H7BrN4S2/c10-6-1-2-15-7(6)4-13-9-5(3-11)8(12)14-16-9/h1-2,13H,4H2,(H2,12,14). The Morgan fingerprint density at radius 1 is 1.62 bits per heavy atom. The Kier molecular flexibility index (Phi) is 3.43. The molecule has 2 aromatic rings. The van der Waals surface area contributed by atoms with Crippen LogP contribution >= 0.6 is 38.8 Å². The molecule has 16 heavy (non-hydrogen) atoms. The molecule has 0 aromatic carbocycles. The first-order valence-electron chi connectivity index (χ1n) is 4.33. The van der Waals surface area contributed by atoms with Gasteiger partial charge in [0.15, 0.2) is 5.82 Å². The zero-order valence-electron chi connectivity index (χ0n) is 8.03. The number of halogens is 1. The lowest BCUT2D eigenvalue weighted by atomic mass is 10.3. The Morgan fingerprint density at radius 3 is 3.06 bits per heavy atom. The summed E-state index contributed by atoms with van der Waals surface area (Å²) in [7, 11) is 0. The van der Waals surface area contributed by atoms with E-state index in [2.05, 4.69) is 25.6 Å². The van der Waals surface area contributed by atoms with Gasteiger partial charge in [-0.2, -0.15) is 9.64 Å². The number of nitrogens with two attached hydrogens (primary N) is 1. The molecule has 0 saturated heterocycles. The first kappa shape index (κ1) is 11.4. The predicted octanol–water partition coefficient (Wildman–Crippen LogP) is 3.03. The Labute approximate surface area is 109 Å². The molecule has 0 amide bonds. The molecule has 7 heteroatoms. The maximum absolute atomic E-state index is 8.89. The van der Waals surface area contributed by atoms with Crippen LogP contribution in [0, 0.1) is 11.3 Å². The maximum atomic E-state index is 8.89. The number of nitrogen functional groups attached to an aromatic ring is 1.